The maximum Gasteiger partial charge on any atom is 0.335 e. The number of hydrogen-bond acceptors (Lipinski definition) is 3. The van der Waals surface area contributed by atoms with Crippen LogP contribution in [0.2, 0.25) is 0 Å². The molecule has 1 aromatic rings. The van der Waals surface area contributed by atoms with Gasteiger partial charge in [-0.1, -0.05) is 12.1 Å². The molecule has 1 unspecified atom stereocenters. The summed E-state index contributed by atoms with van der Waals surface area (Å²) >= 11 is 0. The van der Waals surface area contributed by atoms with Crippen molar-refractivity contribution in [1.29, 1.82) is 0 Å². The van der Waals surface area contributed by atoms with Crippen molar-refractivity contribution >= 4 is 11.9 Å². The van der Waals surface area contributed by atoms with Gasteiger partial charge >= 0.3 is 5.97 Å². The van der Waals surface area contributed by atoms with E-state index in [1.807, 2.05) is 6.92 Å². The summed E-state index contributed by atoms with van der Waals surface area (Å²) in [4.78, 5) is 22.9. The van der Waals surface area contributed by atoms with E-state index < -0.39 is 11.4 Å². The van der Waals surface area contributed by atoms with Crippen molar-refractivity contribution in [2.75, 3.05) is 19.8 Å². The van der Waals surface area contributed by atoms with Gasteiger partial charge in [0.15, 0.2) is 0 Å². The fourth-order valence-corrected chi connectivity index (χ4v) is 2.46. The van der Waals surface area contributed by atoms with Crippen LogP contribution in [0.5, 0.6) is 0 Å². The molecule has 0 saturated carbocycles. The van der Waals surface area contributed by atoms with Gasteiger partial charge in [-0.3, -0.25) is 4.79 Å². The van der Waals surface area contributed by atoms with Crippen molar-refractivity contribution in [1.82, 2.24) is 5.32 Å². The maximum absolute atomic E-state index is 12.2. The average molecular weight is 291 g/mol. The van der Waals surface area contributed by atoms with Gasteiger partial charge in [0.2, 0.25) is 5.91 Å². The van der Waals surface area contributed by atoms with Gasteiger partial charge in [0.25, 0.3) is 0 Å². The second-order valence-electron chi connectivity index (χ2n) is 5.72. The number of carboxylic acid groups (broad SMARTS) is 1. The highest BCUT2D eigenvalue weighted by Crippen LogP contribution is 2.27. The summed E-state index contributed by atoms with van der Waals surface area (Å²) in [6, 6.07) is 6.72. The third-order valence-electron chi connectivity index (χ3n) is 3.89. The number of carboxylic acids is 1. The van der Waals surface area contributed by atoms with Crippen LogP contribution in [0.15, 0.2) is 24.3 Å². The fourth-order valence-electron chi connectivity index (χ4n) is 2.46. The lowest BCUT2D eigenvalue weighted by Gasteiger charge is -2.31. The predicted molar refractivity (Wildman–Crippen MR) is 78.3 cm³/mol. The van der Waals surface area contributed by atoms with E-state index >= 15 is 0 Å². The third kappa shape index (κ3) is 4.04. The molecule has 0 spiro atoms. The molecule has 1 fully saturated rings. The van der Waals surface area contributed by atoms with E-state index in [1.165, 1.54) is 0 Å². The van der Waals surface area contributed by atoms with E-state index in [1.54, 1.807) is 24.3 Å². The van der Waals surface area contributed by atoms with E-state index in [9.17, 15) is 9.59 Å². The van der Waals surface area contributed by atoms with Crippen LogP contribution < -0.4 is 5.32 Å². The minimum absolute atomic E-state index is 0.0318. The molecule has 0 aromatic heterocycles. The van der Waals surface area contributed by atoms with E-state index in [0.29, 0.717) is 19.6 Å². The van der Waals surface area contributed by atoms with Crippen molar-refractivity contribution in [3.05, 3.63) is 35.4 Å². The first-order valence-corrected chi connectivity index (χ1v) is 7.19. The van der Waals surface area contributed by atoms with Crippen molar-refractivity contribution < 1.29 is 19.4 Å². The summed E-state index contributed by atoms with van der Waals surface area (Å²) in [6.07, 6.45) is 2.45. The lowest BCUT2D eigenvalue weighted by Crippen LogP contribution is -2.44. The molecule has 0 aliphatic carbocycles. The smallest absolute Gasteiger partial charge is 0.335 e. The Morgan fingerprint density at radius 2 is 2.05 bits per heavy atom. The monoisotopic (exact) mass is 291 g/mol. The van der Waals surface area contributed by atoms with E-state index in [0.717, 1.165) is 25.0 Å². The molecule has 2 rings (SSSR count). The zero-order valence-corrected chi connectivity index (χ0v) is 12.2. The molecule has 5 nitrogen and oxygen atoms in total. The molecule has 1 saturated heterocycles. The number of hydrogen-bond donors (Lipinski definition) is 2. The average Bonchev–Trinajstić information content (AvgIpc) is 2.48. The summed E-state index contributed by atoms with van der Waals surface area (Å²) in [7, 11) is 0. The highest BCUT2D eigenvalue weighted by Gasteiger charge is 2.35. The summed E-state index contributed by atoms with van der Waals surface area (Å²) in [5.41, 5.74) is 0.853. The standard InChI is InChI=1S/C16H21NO4/c1-16(8-2-10-21-11-16)15(20)17-9-7-12-3-5-13(6-4-12)14(18)19/h3-6H,2,7-11H2,1H3,(H,17,20)(H,18,19). The summed E-state index contributed by atoms with van der Waals surface area (Å²) in [6.45, 7) is 3.69. The van der Waals surface area contributed by atoms with Crippen LogP contribution in [-0.2, 0) is 16.0 Å². The second kappa shape index (κ2) is 6.72. The fraction of sp³-hybridized carbons (Fsp3) is 0.500. The van der Waals surface area contributed by atoms with E-state index in [4.69, 9.17) is 9.84 Å². The molecule has 1 aliphatic rings. The Kier molecular flexibility index (Phi) is 4.96. The zero-order chi connectivity index (χ0) is 15.3. The zero-order valence-electron chi connectivity index (χ0n) is 12.2. The number of benzene rings is 1. The van der Waals surface area contributed by atoms with Crippen molar-refractivity contribution in [2.45, 2.75) is 26.2 Å². The van der Waals surface area contributed by atoms with Gasteiger partial charge in [-0.15, -0.1) is 0 Å². The van der Waals surface area contributed by atoms with Crippen LogP contribution in [0.4, 0.5) is 0 Å². The SMILES string of the molecule is CC1(C(=O)NCCc2ccc(C(=O)O)cc2)CCCOC1. The highest BCUT2D eigenvalue weighted by molar-refractivity contribution is 5.87. The Balaban J connectivity index is 1.80. The minimum Gasteiger partial charge on any atom is -0.478 e. The maximum atomic E-state index is 12.2. The number of ether oxygens (including phenoxy) is 1. The quantitative estimate of drug-likeness (QED) is 0.868. The summed E-state index contributed by atoms with van der Waals surface area (Å²) in [5, 5.41) is 11.8. The number of carbonyl (C=O) groups excluding carboxylic acids is 1. The van der Waals surface area contributed by atoms with Gasteiger partial charge in [-0.2, -0.15) is 0 Å². The topological polar surface area (TPSA) is 75.6 Å². The lowest BCUT2D eigenvalue weighted by molar-refractivity contribution is -0.137. The van der Waals surface area contributed by atoms with E-state index in [2.05, 4.69) is 5.32 Å². The first-order chi connectivity index (χ1) is 10.0. The Morgan fingerprint density at radius 1 is 1.33 bits per heavy atom. The first-order valence-electron chi connectivity index (χ1n) is 7.19. The molecule has 1 amide bonds. The molecule has 5 heteroatoms. The van der Waals surface area contributed by atoms with Gasteiger partial charge in [-0.05, 0) is 43.9 Å². The van der Waals surface area contributed by atoms with Crippen LogP contribution >= 0.6 is 0 Å². The summed E-state index contributed by atoms with van der Waals surface area (Å²) < 4.78 is 5.39. The molecule has 21 heavy (non-hydrogen) atoms. The van der Waals surface area contributed by atoms with Gasteiger partial charge < -0.3 is 15.2 Å². The Bertz CT molecular complexity index is 504. The van der Waals surface area contributed by atoms with Crippen LogP contribution in [0.1, 0.15) is 35.7 Å². The number of aromatic carboxylic acids is 1. The third-order valence-corrected chi connectivity index (χ3v) is 3.89. The largest absolute Gasteiger partial charge is 0.478 e. The van der Waals surface area contributed by atoms with Gasteiger partial charge in [-0.25, -0.2) is 4.79 Å². The second-order valence-corrected chi connectivity index (χ2v) is 5.72. The number of nitrogens with one attached hydrogen (secondary N) is 1. The normalized spacial score (nSPS) is 21.8. The highest BCUT2D eigenvalue weighted by atomic mass is 16.5. The van der Waals surface area contributed by atoms with Gasteiger partial charge in [0.1, 0.15) is 0 Å². The molecule has 0 bridgehead atoms. The lowest BCUT2D eigenvalue weighted by atomic mass is 9.84. The summed E-state index contributed by atoms with van der Waals surface area (Å²) in [5.74, 6) is -0.899. The van der Waals surface area contributed by atoms with Crippen LogP contribution in [0, 0.1) is 5.41 Å². The molecule has 1 aromatic carbocycles. The van der Waals surface area contributed by atoms with Crippen molar-refractivity contribution in [2.24, 2.45) is 5.41 Å². The van der Waals surface area contributed by atoms with Crippen LogP contribution in [0.25, 0.3) is 0 Å². The molecular formula is C16H21NO4. The Labute approximate surface area is 124 Å². The first kappa shape index (κ1) is 15.5. The van der Waals surface area contributed by atoms with E-state index in [-0.39, 0.29) is 11.5 Å². The number of carbonyl (C=O) groups is 2. The number of rotatable bonds is 5. The van der Waals surface area contributed by atoms with Crippen LogP contribution in [-0.4, -0.2) is 36.7 Å². The molecule has 0 radical (unpaired) electrons. The predicted octanol–water partition coefficient (Wildman–Crippen LogP) is 1.86. The molecular weight excluding hydrogens is 270 g/mol. The molecule has 114 valence electrons. The molecule has 2 N–H and O–H groups in total. The molecule has 1 aliphatic heterocycles. The molecule has 1 heterocycles. The number of amides is 1. The Hall–Kier alpha value is -1.88. The minimum atomic E-state index is -0.930. The van der Waals surface area contributed by atoms with Crippen molar-refractivity contribution in [3.63, 3.8) is 0 Å². The van der Waals surface area contributed by atoms with Crippen molar-refractivity contribution in [3.8, 4) is 0 Å². The van der Waals surface area contributed by atoms with Gasteiger partial charge in [0.05, 0.1) is 17.6 Å². The Morgan fingerprint density at radius 3 is 2.62 bits per heavy atom. The van der Waals surface area contributed by atoms with Gasteiger partial charge in [0, 0.05) is 13.2 Å². The molecule has 1 atom stereocenters. The van der Waals surface area contributed by atoms with Crippen LogP contribution in [0.3, 0.4) is 0 Å².